The van der Waals surface area contributed by atoms with E-state index in [0.717, 1.165) is 25.7 Å². The van der Waals surface area contributed by atoms with Gasteiger partial charge in [-0.25, -0.2) is 0 Å². The van der Waals surface area contributed by atoms with Crippen LogP contribution in [-0.4, -0.2) is 92.7 Å². The van der Waals surface area contributed by atoms with Crippen LogP contribution in [0.2, 0.25) is 0 Å². The molecule has 1 rings (SSSR count). The summed E-state index contributed by atoms with van der Waals surface area (Å²) in [5.74, 6) is -0.0829. The molecule has 1 saturated heterocycles. The fraction of sp³-hybridized carbons (Fsp3) is 0.968. The van der Waals surface area contributed by atoms with Crippen LogP contribution in [0.15, 0.2) is 0 Å². The van der Waals surface area contributed by atoms with Crippen LogP contribution >= 0.6 is 0 Å². The molecule has 0 radical (unpaired) electrons. The van der Waals surface area contributed by atoms with Gasteiger partial charge in [0.25, 0.3) is 0 Å². The number of rotatable bonds is 24. The molecule has 1 fully saturated rings. The first-order chi connectivity index (χ1) is 18.8. The molecule has 39 heavy (non-hydrogen) atoms. The number of aliphatic hydroxyl groups excluding tert-OH is 4. The molecule has 1 unspecified atom stereocenters. The lowest BCUT2D eigenvalue weighted by Gasteiger charge is -2.43. The molecule has 0 spiro atoms. The molecular weight excluding hydrogens is 498 g/mol. The van der Waals surface area contributed by atoms with Crippen LogP contribution in [0.25, 0.3) is 0 Å². The number of hydrogen-bond acceptors (Lipinski definition) is 7. The van der Waals surface area contributed by atoms with Crippen molar-refractivity contribution in [2.75, 3.05) is 26.3 Å². The zero-order chi connectivity index (χ0) is 28.9. The Hall–Kier alpha value is -0.770. The number of aliphatic hydroxyl groups is 5. The molecule has 5 N–H and O–H groups in total. The van der Waals surface area contributed by atoms with E-state index in [4.69, 9.17) is 4.74 Å². The molecule has 1 aliphatic rings. The Morgan fingerprint density at radius 1 is 0.872 bits per heavy atom. The maximum absolute atomic E-state index is 12.8. The number of carbonyl (C=O) groups is 1. The summed E-state index contributed by atoms with van der Waals surface area (Å²) in [6, 6.07) is 0. The van der Waals surface area contributed by atoms with E-state index < -0.39 is 36.6 Å². The van der Waals surface area contributed by atoms with Gasteiger partial charge in [0.15, 0.2) is 0 Å². The summed E-state index contributed by atoms with van der Waals surface area (Å²) in [6.07, 6.45) is 16.1. The molecule has 0 saturated carbocycles. The van der Waals surface area contributed by atoms with Gasteiger partial charge in [0.1, 0.15) is 23.9 Å². The van der Waals surface area contributed by atoms with Crippen LogP contribution in [0, 0.1) is 0 Å². The first kappa shape index (κ1) is 36.3. The molecule has 1 aliphatic heterocycles. The second-order valence-electron chi connectivity index (χ2n) is 11.8. The molecule has 0 bridgehead atoms. The zero-order valence-corrected chi connectivity index (χ0v) is 25.1. The van der Waals surface area contributed by atoms with Crippen LogP contribution in [0.5, 0.6) is 0 Å². The molecule has 5 atom stereocenters. The van der Waals surface area contributed by atoms with Crippen molar-refractivity contribution >= 4 is 5.91 Å². The van der Waals surface area contributed by atoms with Crippen LogP contribution in [0.1, 0.15) is 136 Å². The lowest BCUT2D eigenvalue weighted by Crippen LogP contribution is -2.62. The summed E-state index contributed by atoms with van der Waals surface area (Å²) in [6.45, 7) is 3.91. The van der Waals surface area contributed by atoms with Gasteiger partial charge in [-0.05, 0) is 19.3 Å². The van der Waals surface area contributed by atoms with Crippen LogP contribution in [-0.2, 0) is 9.53 Å². The molecule has 0 aromatic heterocycles. The second kappa shape index (κ2) is 21.9. The maximum Gasteiger partial charge on any atom is 0.222 e. The van der Waals surface area contributed by atoms with Crippen LogP contribution < -0.4 is 0 Å². The molecule has 8 heteroatoms. The van der Waals surface area contributed by atoms with E-state index in [1.807, 2.05) is 6.92 Å². The van der Waals surface area contributed by atoms with Gasteiger partial charge in [0.05, 0.1) is 19.3 Å². The highest BCUT2D eigenvalue weighted by molar-refractivity contribution is 5.76. The molecule has 0 aliphatic carbocycles. The summed E-state index contributed by atoms with van der Waals surface area (Å²) in [5.41, 5.74) is -1.73. The van der Waals surface area contributed by atoms with E-state index in [2.05, 4.69) is 6.92 Å². The zero-order valence-electron chi connectivity index (χ0n) is 25.1. The predicted molar refractivity (Wildman–Crippen MR) is 155 cm³/mol. The van der Waals surface area contributed by atoms with Crippen LogP contribution in [0.4, 0.5) is 0 Å². The van der Waals surface area contributed by atoms with Crippen molar-refractivity contribution in [3.05, 3.63) is 0 Å². The third kappa shape index (κ3) is 15.1. The number of ether oxygens (including phenoxy) is 1. The first-order valence-corrected chi connectivity index (χ1v) is 16.1. The van der Waals surface area contributed by atoms with Gasteiger partial charge in [-0.1, -0.05) is 110 Å². The van der Waals surface area contributed by atoms with Crippen molar-refractivity contribution in [1.29, 1.82) is 0 Å². The minimum atomic E-state index is -1.73. The van der Waals surface area contributed by atoms with Crippen molar-refractivity contribution in [3.8, 4) is 0 Å². The minimum absolute atomic E-state index is 0.00676. The largest absolute Gasteiger partial charge is 0.394 e. The van der Waals surface area contributed by atoms with E-state index in [-0.39, 0.29) is 32.0 Å². The van der Waals surface area contributed by atoms with Gasteiger partial charge in [-0.3, -0.25) is 4.79 Å². The van der Waals surface area contributed by atoms with Crippen LogP contribution in [0.3, 0.4) is 0 Å². The molecular formula is C31H61NO7. The molecule has 0 aromatic rings. The number of amides is 1. The third-order valence-electron chi connectivity index (χ3n) is 8.22. The summed E-state index contributed by atoms with van der Waals surface area (Å²) in [7, 11) is 0. The number of unbranched alkanes of at least 4 members (excludes halogenated alkanes) is 14. The van der Waals surface area contributed by atoms with E-state index in [1.165, 1.54) is 77.0 Å². The van der Waals surface area contributed by atoms with E-state index >= 15 is 0 Å². The topological polar surface area (TPSA) is 131 Å². The van der Waals surface area contributed by atoms with Gasteiger partial charge >= 0.3 is 0 Å². The average molecular weight is 560 g/mol. The van der Waals surface area contributed by atoms with Crippen molar-refractivity contribution in [1.82, 2.24) is 4.90 Å². The van der Waals surface area contributed by atoms with Gasteiger partial charge in [-0.15, -0.1) is 0 Å². The Morgan fingerprint density at radius 3 is 1.90 bits per heavy atom. The average Bonchev–Trinajstić information content (AvgIpc) is 2.93. The van der Waals surface area contributed by atoms with Gasteiger partial charge < -0.3 is 35.2 Å². The number of hydrogen-bond donors (Lipinski definition) is 5. The van der Waals surface area contributed by atoms with E-state index in [0.29, 0.717) is 12.8 Å². The molecule has 1 heterocycles. The Bertz CT molecular complexity index is 607. The Labute approximate surface area is 238 Å². The highest BCUT2D eigenvalue weighted by Crippen LogP contribution is 2.28. The first-order valence-electron chi connectivity index (χ1n) is 16.1. The van der Waals surface area contributed by atoms with Crippen molar-refractivity contribution in [3.63, 3.8) is 0 Å². The monoisotopic (exact) mass is 559 g/mol. The second-order valence-corrected chi connectivity index (χ2v) is 11.8. The normalized spacial score (nSPS) is 24.1. The SMILES string of the molecule is CCCCCCCCCCCCCCCCC(O)CN(CC[C@@]1(O)CO[C@H](CO)[C@@H](O)[C@@H]1O)C(=O)CCCC. The number of nitrogens with zero attached hydrogens (tertiary/aromatic N) is 1. The Morgan fingerprint density at radius 2 is 1.38 bits per heavy atom. The molecule has 232 valence electrons. The van der Waals surface area contributed by atoms with Crippen molar-refractivity contribution in [2.24, 2.45) is 0 Å². The third-order valence-corrected chi connectivity index (χ3v) is 8.22. The summed E-state index contributed by atoms with van der Waals surface area (Å²) in [4.78, 5) is 14.4. The maximum atomic E-state index is 12.8. The highest BCUT2D eigenvalue weighted by Gasteiger charge is 2.48. The fourth-order valence-corrected chi connectivity index (χ4v) is 5.39. The lowest BCUT2D eigenvalue weighted by molar-refractivity contribution is -0.242. The van der Waals surface area contributed by atoms with E-state index in [9.17, 15) is 30.3 Å². The Kier molecular flexibility index (Phi) is 20.4. The van der Waals surface area contributed by atoms with Crippen molar-refractivity contribution < 1.29 is 35.1 Å². The van der Waals surface area contributed by atoms with Crippen molar-refractivity contribution in [2.45, 2.75) is 166 Å². The fourth-order valence-electron chi connectivity index (χ4n) is 5.39. The standard InChI is InChI=1S/C31H61NO7/c1-3-5-7-8-9-10-11-12-13-14-15-16-17-18-19-26(34)23-32(28(35)20-6-4-2)22-21-31(38)25-39-27(24-33)29(36)30(31)37/h26-27,29-30,33-34,36-38H,3-25H2,1-2H3/t26?,27-,29-,30+,31-/m1/s1. The number of carbonyl (C=O) groups excluding carboxylic acids is 1. The Balaban J connectivity index is 2.29. The van der Waals surface area contributed by atoms with Gasteiger partial charge in [0.2, 0.25) is 5.91 Å². The predicted octanol–water partition coefficient (Wildman–Crippen LogP) is 4.47. The van der Waals surface area contributed by atoms with Gasteiger partial charge in [0, 0.05) is 19.5 Å². The van der Waals surface area contributed by atoms with Gasteiger partial charge in [-0.2, -0.15) is 0 Å². The smallest absolute Gasteiger partial charge is 0.222 e. The quantitative estimate of drug-likeness (QED) is 0.110. The minimum Gasteiger partial charge on any atom is -0.394 e. The highest BCUT2D eigenvalue weighted by atomic mass is 16.5. The molecule has 1 amide bonds. The summed E-state index contributed by atoms with van der Waals surface area (Å²) >= 11 is 0. The molecule has 8 nitrogen and oxygen atoms in total. The van der Waals surface area contributed by atoms with E-state index in [1.54, 1.807) is 4.90 Å². The summed E-state index contributed by atoms with van der Waals surface area (Å²) < 4.78 is 5.34. The summed E-state index contributed by atoms with van der Waals surface area (Å²) in [5, 5.41) is 51.4. The molecule has 0 aromatic carbocycles. The lowest BCUT2D eigenvalue weighted by atomic mass is 9.85.